The molecule has 1 aliphatic heterocycles. The van der Waals surface area contributed by atoms with E-state index in [2.05, 4.69) is 41.4 Å². The van der Waals surface area contributed by atoms with E-state index in [9.17, 15) is 0 Å². The summed E-state index contributed by atoms with van der Waals surface area (Å²) in [6, 6.07) is 9.83. The number of nitrogens with one attached hydrogen (secondary N) is 1. The highest BCUT2D eigenvalue weighted by Gasteiger charge is 2.25. The molecule has 0 spiro atoms. The number of benzene rings is 1. The van der Waals surface area contributed by atoms with Gasteiger partial charge in [0.1, 0.15) is 0 Å². The summed E-state index contributed by atoms with van der Waals surface area (Å²) < 4.78 is 0. The molecular weight excluding hydrogens is 244 g/mol. The minimum atomic E-state index is 0.715. The van der Waals surface area contributed by atoms with Gasteiger partial charge in [0.05, 0.1) is 0 Å². The summed E-state index contributed by atoms with van der Waals surface area (Å²) in [5.41, 5.74) is 3.23. The maximum atomic E-state index is 3.63. The van der Waals surface area contributed by atoms with Crippen LogP contribution in [0.15, 0.2) is 24.3 Å². The first-order chi connectivity index (χ1) is 9.86. The van der Waals surface area contributed by atoms with Crippen molar-refractivity contribution < 1.29 is 0 Å². The van der Waals surface area contributed by atoms with E-state index in [4.69, 9.17) is 0 Å². The van der Waals surface area contributed by atoms with Crippen molar-refractivity contribution in [2.45, 2.75) is 51.0 Å². The van der Waals surface area contributed by atoms with E-state index < -0.39 is 0 Å². The molecule has 0 bridgehead atoms. The predicted octanol–water partition coefficient (Wildman–Crippen LogP) is 3.18. The topological polar surface area (TPSA) is 15.3 Å². The van der Waals surface area contributed by atoms with Crippen LogP contribution in [0.2, 0.25) is 0 Å². The summed E-state index contributed by atoms with van der Waals surface area (Å²) in [5.74, 6) is 0.764. The molecule has 1 heterocycles. The molecule has 1 saturated heterocycles. The molecular formula is C18H28N2. The van der Waals surface area contributed by atoms with Crippen molar-refractivity contribution in [1.29, 1.82) is 0 Å². The number of hydrogen-bond acceptors (Lipinski definition) is 2. The smallest absolute Gasteiger partial charge is 0.0195 e. The van der Waals surface area contributed by atoms with Crippen LogP contribution >= 0.6 is 0 Å². The van der Waals surface area contributed by atoms with Gasteiger partial charge in [0.15, 0.2) is 0 Å². The number of rotatable bonds is 4. The molecule has 1 aliphatic carbocycles. The van der Waals surface area contributed by atoms with Crippen LogP contribution in [0, 0.1) is 0 Å². The highest BCUT2D eigenvalue weighted by Crippen LogP contribution is 2.32. The minimum Gasteiger partial charge on any atom is -0.313 e. The van der Waals surface area contributed by atoms with Gasteiger partial charge in [0, 0.05) is 19.1 Å². The lowest BCUT2D eigenvalue weighted by Gasteiger charge is -2.37. The molecule has 3 rings (SSSR count). The molecule has 2 heteroatoms. The Morgan fingerprint density at radius 1 is 1.20 bits per heavy atom. The highest BCUT2D eigenvalue weighted by atomic mass is 15.2. The third-order valence-electron chi connectivity index (χ3n) is 4.97. The number of nitrogens with zero attached hydrogens (tertiary/aromatic N) is 1. The molecule has 1 aromatic carbocycles. The van der Waals surface area contributed by atoms with Gasteiger partial charge in [0.25, 0.3) is 0 Å². The second-order valence-corrected chi connectivity index (χ2v) is 6.44. The van der Waals surface area contributed by atoms with Crippen LogP contribution in [-0.4, -0.2) is 37.1 Å². The Hall–Kier alpha value is -0.860. The van der Waals surface area contributed by atoms with Crippen molar-refractivity contribution >= 4 is 0 Å². The Morgan fingerprint density at radius 2 is 2.10 bits per heavy atom. The molecule has 0 amide bonds. The Morgan fingerprint density at radius 3 is 3.00 bits per heavy atom. The molecule has 0 radical (unpaired) electrons. The molecule has 1 fully saturated rings. The van der Waals surface area contributed by atoms with E-state index >= 15 is 0 Å². The van der Waals surface area contributed by atoms with Crippen molar-refractivity contribution in [3.8, 4) is 0 Å². The molecule has 0 saturated carbocycles. The van der Waals surface area contributed by atoms with E-state index in [1.807, 2.05) is 0 Å². The van der Waals surface area contributed by atoms with Gasteiger partial charge in [-0.1, -0.05) is 31.2 Å². The van der Waals surface area contributed by atoms with Crippen LogP contribution in [-0.2, 0) is 6.42 Å². The fraction of sp³-hybridized carbons (Fsp3) is 0.667. The van der Waals surface area contributed by atoms with E-state index in [0.717, 1.165) is 12.5 Å². The third kappa shape index (κ3) is 3.24. The maximum absolute atomic E-state index is 3.63. The maximum Gasteiger partial charge on any atom is 0.0195 e. The lowest BCUT2D eigenvalue weighted by Crippen LogP contribution is -2.46. The molecule has 2 aliphatic rings. The number of likely N-dealkylation sites (N-methyl/N-ethyl adjacent to an activating group) is 1. The van der Waals surface area contributed by atoms with Crippen molar-refractivity contribution in [2.24, 2.45) is 0 Å². The van der Waals surface area contributed by atoms with Gasteiger partial charge in [0.2, 0.25) is 0 Å². The lowest BCUT2D eigenvalue weighted by molar-refractivity contribution is 0.177. The van der Waals surface area contributed by atoms with Crippen molar-refractivity contribution in [2.75, 3.05) is 26.2 Å². The first-order valence-electron chi connectivity index (χ1n) is 8.40. The van der Waals surface area contributed by atoms with E-state index in [0.29, 0.717) is 6.04 Å². The van der Waals surface area contributed by atoms with Gasteiger partial charge in [-0.3, -0.25) is 0 Å². The summed E-state index contributed by atoms with van der Waals surface area (Å²) >= 11 is 0. The number of piperidine rings is 1. The fourth-order valence-electron chi connectivity index (χ4n) is 4.03. The van der Waals surface area contributed by atoms with Gasteiger partial charge >= 0.3 is 0 Å². The first kappa shape index (κ1) is 14.1. The molecule has 1 N–H and O–H groups in total. The second kappa shape index (κ2) is 6.73. The molecule has 0 aromatic heterocycles. The van der Waals surface area contributed by atoms with Crippen molar-refractivity contribution in [3.05, 3.63) is 35.4 Å². The Labute approximate surface area is 123 Å². The van der Waals surface area contributed by atoms with Gasteiger partial charge in [-0.2, -0.15) is 0 Å². The summed E-state index contributed by atoms with van der Waals surface area (Å²) in [4.78, 5) is 2.70. The lowest BCUT2D eigenvalue weighted by atomic mass is 9.82. The van der Waals surface area contributed by atoms with Gasteiger partial charge < -0.3 is 10.2 Å². The van der Waals surface area contributed by atoms with Crippen LogP contribution in [0.5, 0.6) is 0 Å². The number of hydrogen-bond donors (Lipinski definition) is 1. The fourth-order valence-corrected chi connectivity index (χ4v) is 4.03. The zero-order valence-electron chi connectivity index (χ0n) is 12.8. The average molecular weight is 272 g/mol. The van der Waals surface area contributed by atoms with Crippen LogP contribution in [0.3, 0.4) is 0 Å². The summed E-state index contributed by atoms with van der Waals surface area (Å²) in [6.45, 7) is 7.12. The van der Waals surface area contributed by atoms with Crippen LogP contribution in [0.4, 0.5) is 0 Å². The van der Waals surface area contributed by atoms with Crippen LogP contribution in [0.1, 0.15) is 49.7 Å². The zero-order chi connectivity index (χ0) is 13.8. The Balaban J connectivity index is 1.63. The van der Waals surface area contributed by atoms with E-state index in [1.165, 1.54) is 51.7 Å². The zero-order valence-corrected chi connectivity index (χ0v) is 12.8. The normalized spacial score (nSPS) is 27.2. The quantitative estimate of drug-likeness (QED) is 0.905. The molecule has 1 aromatic rings. The van der Waals surface area contributed by atoms with Gasteiger partial charge in [-0.15, -0.1) is 0 Å². The second-order valence-electron chi connectivity index (χ2n) is 6.44. The molecule has 2 nitrogen and oxygen atoms in total. The van der Waals surface area contributed by atoms with E-state index in [-0.39, 0.29) is 0 Å². The summed E-state index contributed by atoms with van der Waals surface area (Å²) in [6.07, 6.45) is 6.73. The Kier molecular flexibility index (Phi) is 4.74. The van der Waals surface area contributed by atoms with Gasteiger partial charge in [-0.25, -0.2) is 0 Å². The van der Waals surface area contributed by atoms with Crippen LogP contribution in [0.25, 0.3) is 0 Å². The summed E-state index contributed by atoms with van der Waals surface area (Å²) in [7, 11) is 0. The Bertz CT molecular complexity index is 427. The predicted molar refractivity (Wildman–Crippen MR) is 85.3 cm³/mol. The third-order valence-corrected chi connectivity index (χ3v) is 4.97. The minimum absolute atomic E-state index is 0.715. The first-order valence-corrected chi connectivity index (χ1v) is 8.40. The molecule has 20 heavy (non-hydrogen) atoms. The number of fused-ring (bicyclic) bond motifs is 1. The molecule has 110 valence electrons. The van der Waals surface area contributed by atoms with Crippen LogP contribution < -0.4 is 5.32 Å². The van der Waals surface area contributed by atoms with Gasteiger partial charge in [-0.05, 0) is 62.2 Å². The monoisotopic (exact) mass is 272 g/mol. The molecule has 2 atom stereocenters. The SMILES string of the molecule is CCNC1CCCN(CC2CCCc3ccccc32)C1. The largest absolute Gasteiger partial charge is 0.313 e. The van der Waals surface area contributed by atoms with Crippen molar-refractivity contribution in [3.63, 3.8) is 0 Å². The molecule has 2 unspecified atom stereocenters. The highest BCUT2D eigenvalue weighted by molar-refractivity contribution is 5.32. The summed E-state index contributed by atoms with van der Waals surface area (Å²) in [5, 5.41) is 3.63. The standard InChI is InChI=1S/C18H28N2/c1-2-19-17-10-6-12-20(14-17)13-16-9-5-8-15-7-3-4-11-18(15)16/h3-4,7,11,16-17,19H,2,5-6,8-10,12-14H2,1H3. The van der Waals surface area contributed by atoms with E-state index in [1.54, 1.807) is 11.1 Å². The number of likely N-dealkylation sites (tertiary alicyclic amines) is 1. The average Bonchev–Trinajstić information content (AvgIpc) is 2.48. The number of aryl methyl sites for hydroxylation is 1. The van der Waals surface area contributed by atoms with Crippen molar-refractivity contribution in [1.82, 2.24) is 10.2 Å².